The SMILES string of the molecule is CC1=NCC2C(=O)OCCN12. The summed E-state index contributed by atoms with van der Waals surface area (Å²) in [5, 5.41) is 0. The van der Waals surface area contributed by atoms with Gasteiger partial charge in [-0.2, -0.15) is 0 Å². The van der Waals surface area contributed by atoms with Gasteiger partial charge < -0.3 is 9.64 Å². The van der Waals surface area contributed by atoms with Gasteiger partial charge in [0, 0.05) is 0 Å². The van der Waals surface area contributed by atoms with Gasteiger partial charge in [-0.3, -0.25) is 4.99 Å². The first kappa shape index (κ1) is 6.64. The Balaban J connectivity index is 2.18. The van der Waals surface area contributed by atoms with E-state index in [2.05, 4.69) is 4.99 Å². The molecule has 1 unspecified atom stereocenters. The smallest absolute Gasteiger partial charge is 0.330 e. The molecule has 2 aliphatic heterocycles. The van der Waals surface area contributed by atoms with E-state index in [9.17, 15) is 4.79 Å². The lowest BCUT2D eigenvalue weighted by Crippen LogP contribution is -2.48. The number of carbonyl (C=O) groups is 1. The van der Waals surface area contributed by atoms with Crippen LogP contribution in [0.1, 0.15) is 6.92 Å². The van der Waals surface area contributed by atoms with Crippen molar-refractivity contribution in [3.63, 3.8) is 0 Å². The highest BCUT2D eigenvalue weighted by atomic mass is 16.5. The Hall–Kier alpha value is -1.06. The van der Waals surface area contributed by atoms with E-state index in [0.717, 1.165) is 12.4 Å². The van der Waals surface area contributed by atoms with Gasteiger partial charge in [-0.15, -0.1) is 0 Å². The molecule has 2 aliphatic rings. The summed E-state index contributed by atoms with van der Waals surface area (Å²) < 4.78 is 4.89. The van der Waals surface area contributed by atoms with Crippen molar-refractivity contribution in [2.45, 2.75) is 13.0 Å². The fourth-order valence-corrected chi connectivity index (χ4v) is 1.49. The van der Waals surface area contributed by atoms with Gasteiger partial charge in [-0.1, -0.05) is 0 Å². The average Bonchev–Trinajstić information content (AvgIpc) is 2.35. The van der Waals surface area contributed by atoms with Crippen LogP contribution in [0.4, 0.5) is 0 Å². The average molecular weight is 154 g/mol. The molecule has 1 saturated heterocycles. The van der Waals surface area contributed by atoms with Crippen LogP contribution in [0, 0.1) is 0 Å². The largest absolute Gasteiger partial charge is 0.462 e. The van der Waals surface area contributed by atoms with Gasteiger partial charge in [0.15, 0.2) is 0 Å². The first-order chi connectivity index (χ1) is 5.29. The lowest BCUT2D eigenvalue weighted by Gasteiger charge is -2.29. The number of esters is 1. The number of hydrogen-bond acceptors (Lipinski definition) is 4. The van der Waals surface area contributed by atoms with Crippen molar-refractivity contribution in [1.82, 2.24) is 4.90 Å². The van der Waals surface area contributed by atoms with Crippen LogP contribution in [-0.2, 0) is 9.53 Å². The Labute approximate surface area is 64.8 Å². The lowest BCUT2D eigenvalue weighted by molar-refractivity contribution is -0.153. The minimum atomic E-state index is -0.128. The quantitative estimate of drug-likeness (QED) is 0.448. The molecule has 0 bridgehead atoms. The summed E-state index contributed by atoms with van der Waals surface area (Å²) in [5.74, 6) is 0.837. The van der Waals surface area contributed by atoms with Crippen LogP contribution in [0.25, 0.3) is 0 Å². The van der Waals surface area contributed by atoms with Gasteiger partial charge >= 0.3 is 5.97 Å². The molecule has 0 aliphatic carbocycles. The molecule has 0 N–H and O–H groups in total. The number of amidine groups is 1. The molecule has 0 spiro atoms. The third-order valence-electron chi connectivity index (χ3n) is 2.13. The van der Waals surface area contributed by atoms with Gasteiger partial charge in [0.1, 0.15) is 12.6 Å². The van der Waals surface area contributed by atoms with E-state index in [0.29, 0.717) is 13.2 Å². The maximum Gasteiger partial charge on any atom is 0.330 e. The highest BCUT2D eigenvalue weighted by molar-refractivity contribution is 5.90. The highest BCUT2D eigenvalue weighted by Crippen LogP contribution is 2.15. The van der Waals surface area contributed by atoms with Crippen molar-refractivity contribution in [1.29, 1.82) is 0 Å². The first-order valence-corrected chi connectivity index (χ1v) is 3.73. The molecule has 0 radical (unpaired) electrons. The standard InChI is InChI=1S/C7H10N2O2/c1-5-8-4-6-7(10)11-3-2-9(5)6/h6H,2-4H2,1H3. The number of ether oxygens (including phenoxy) is 1. The number of nitrogens with zero attached hydrogens (tertiary/aromatic N) is 2. The van der Waals surface area contributed by atoms with Gasteiger partial charge in [0.05, 0.1) is 18.9 Å². The molecule has 1 fully saturated rings. The molecule has 0 saturated carbocycles. The molecule has 11 heavy (non-hydrogen) atoms. The van der Waals surface area contributed by atoms with Gasteiger partial charge in [0.2, 0.25) is 0 Å². The van der Waals surface area contributed by atoms with E-state index in [-0.39, 0.29) is 12.0 Å². The van der Waals surface area contributed by atoms with E-state index in [4.69, 9.17) is 4.74 Å². The van der Waals surface area contributed by atoms with Crippen molar-refractivity contribution in [2.75, 3.05) is 19.7 Å². The molecule has 1 atom stereocenters. The summed E-state index contributed by atoms with van der Waals surface area (Å²) in [6.07, 6.45) is 0. The summed E-state index contributed by atoms with van der Waals surface area (Å²) >= 11 is 0. The summed E-state index contributed by atoms with van der Waals surface area (Å²) in [6.45, 7) is 3.80. The summed E-state index contributed by atoms with van der Waals surface area (Å²) in [4.78, 5) is 17.3. The Kier molecular flexibility index (Phi) is 1.34. The van der Waals surface area contributed by atoms with Crippen LogP contribution in [-0.4, -0.2) is 42.4 Å². The van der Waals surface area contributed by atoms with E-state index in [1.165, 1.54) is 0 Å². The summed E-state index contributed by atoms with van der Waals surface area (Å²) in [6, 6.07) is -0.122. The van der Waals surface area contributed by atoms with Crippen LogP contribution < -0.4 is 0 Å². The van der Waals surface area contributed by atoms with Gasteiger partial charge in [-0.25, -0.2) is 4.79 Å². The van der Waals surface area contributed by atoms with E-state index in [1.54, 1.807) is 0 Å². The topological polar surface area (TPSA) is 41.9 Å². The zero-order chi connectivity index (χ0) is 7.84. The van der Waals surface area contributed by atoms with Gasteiger partial charge in [0.25, 0.3) is 0 Å². The van der Waals surface area contributed by atoms with Crippen LogP contribution in [0.2, 0.25) is 0 Å². The van der Waals surface area contributed by atoms with Gasteiger partial charge in [-0.05, 0) is 6.92 Å². The van der Waals surface area contributed by atoms with Crippen LogP contribution in [0.3, 0.4) is 0 Å². The predicted octanol–water partition coefficient (Wildman–Crippen LogP) is -0.354. The Morgan fingerprint density at radius 1 is 1.73 bits per heavy atom. The molecule has 2 heterocycles. The van der Waals surface area contributed by atoms with Crippen molar-refractivity contribution in [3.05, 3.63) is 0 Å². The number of hydrogen-bond donors (Lipinski definition) is 0. The fourth-order valence-electron chi connectivity index (χ4n) is 1.49. The zero-order valence-electron chi connectivity index (χ0n) is 6.41. The molecular weight excluding hydrogens is 144 g/mol. The number of cyclic esters (lactones) is 1. The van der Waals surface area contributed by atoms with E-state index < -0.39 is 0 Å². The highest BCUT2D eigenvalue weighted by Gasteiger charge is 2.35. The second-order valence-electron chi connectivity index (χ2n) is 2.76. The normalized spacial score (nSPS) is 29.5. The zero-order valence-corrected chi connectivity index (χ0v) is 6.41. The second-order valence-corrected chi connectivity index (χ2v) is 2.76. The molecule has 4 nitrogen and oxygen atoms in total. The van der Waals surface area contributed by atoms with Crippen LogP contribution in [0.15, 0.2) is 4.99 Å². The third-order valence-corrected chi connectivity index (χ3v) is 2.13. The Morgan fingerprint density at radius 2 is 2.55 bits per heavy atom. The molecule has 4 heteroatoms. The van der Waals surface area contributed by atoms with Crippen LogP contribution >= 0.6 is 0 Å². The number of fused-ring (bicyclic) bond motifs is 1. The Morgan fingerprint density at radius 3 is 3.27 bits per heavy atom. The minimum absolute atomic E-state index is 0.122. The van der Waals surface area contributed by atoms with Crippen molar-refractivity contribution in [3.8, 4) is 0 Å². The number of carbonyl (C=O) groups excluding carboxylic acids is 1. The monoisotopic (exact) mass is 154 g/mol. The lowest BCUT2D eigenvalue weighted by atomic mass is 10.2. The maximum absolute atomic E-state index is 11.1. The molecule has 0 aromatic rings. The van der Waals surface area contributed by atoms with Crippen molar-refractivity contribution in [2.24, 2.45) is 4.99 Å². The number of morpholine rings is 1. The predicted molar refractivity (Wildman–Crippen MR) is 39.4 cm³/mol. The first-order valence-electron chi connectivity index (χ1n) is 3.73. The fraction of sp³-hybridized carbons (Fsp3) is 0.714. The van der Waals surface area contributed by atoms with E-state index >= 15 is 0 Å². The summed E-state index contributed by atoms with van der Waals surface area (Å²) in [5.41, 5.74) is 0. The summed E-state index contributed by atoms with van der Waals surface area (Å²) in [7, 11) is 0. The Bertz CT molecular complexity index is 224. The number of rotatable bonds is 0. The maximum atomic E-state index is 11.1. The van der Waals surface area contributed by atoms with Crippen molar-refractivity contribution >= 4 is 11.8 Å². The molecule has 0 amide bonds. The third kappa shape index (κ3) is 0.895. The molecule has 60 valence electrons. The van der Waals surface area contributed by atoms with Crippen molar-refractivity contribution < 1.29 is 9.53 Å². The second kappa shape index (κ2) is 2.22. The minimum Gasteiger partial charge on any atom is -0.462 e. The van der Waals surface area contributed by atoms with E-state index in [1.807, 2.05) is 11.8 Å². The molecule has 2 rings (SSSR count). The molecule has 0 aromatic carbocycles. The molecular formula is C7H10N2O2. The van der Waals surface area contributed by atoms with Crippen LogP contribution in [0.5, 0.6) is 0 Å². The number of aliphatic imine (C=N–C) groups is 1. The molecule has 0 aromatic heterocycles.